The summed E-state index contributed by atoms with van der Waals surface area (Å²) in [6.45, 7) is 1.88. The summed E-state index contributed by atoms with van der Waals surface area (Å²) in [5.74, 6) is -4.99. The van der Waals surface area contributed by atoms with E-state index < -0.39 is 34.0 Å². The SMILES string of the molecule is O=C(O)C(F)(F)F.O=C(O)c1ccc(N2CCN(c3ccccc3F)CC2)c(NS(=O)(=O)c2cccc(F)c2)c1. The van der Waals surface area contributed by atoms with E-state index in [1.165, 1.54) is 36.4 Å². The third-order valence-corrected chi connectivity index (χ3v) is 7.01. The van der Waals surface area contributed by atoms with Crippen LogP contribution in [0.25, 0.3) is 0 Å². The van der Waals surface area contributed by atoms with Crippen molar-refractivity contribution in [3.63, 3.8) is 0 Å². The standard InChI is InChI=1S/C23H21F2N3O4S.C2HF3O2/c24-17-4-3-5-18(15-17)33(31,32)26-20-14-16(23(29)30)8-9-22(20)28-12-10-27(11-13-28)21-7-2-1-6-19(21)25;3-2(4,5)1(6)7/h1-9,14-15,26H,10-13H2,(H,29,30);(H,6,7). The van der Waals surface area contributed by atoms with Crippen LogP contribution in [0.15, 0.2) is 71.6 Å². The van der Waals surface area contributed by atoms with E-state index in [1.807, 2.05) is 9.80 Å². The van der Waals surface area contributed by atoms with Gasteiger partial charge in [-0.2, -0.15) is 13.2 Å². The predicted molar refractivity (Wildman–Crippen MR) is 135 cm³/mol. The number of carboxylic acids is 2. The van der Waals surface area contributed by atoms with Crippen molar-refractivity contribution >= 4 is 39.0 Å². The fourth-order valence-corrected chi connectivity index (χ4v) is 4.86. The Labute approximate surface area is 225 Å². The van der Waals surface area contributed by atoms with Crippen LogP contribution in [0.1, 0.15) is 10.4 Å². The minimum atomic E-state index is -5.08. The topological polar surface area (TPSA) is 127 Å². The molecule has 0 atom stereocenters. The predicted octanol–water partition coefficient (Wildman–Crippen LogP) is 4.42. The first-order chi connectivity index (χ1) is 18.7. The summed E-state index contributed by atoms with van der Waals surface area (Å²) in [5.41, 5.74) is 0.942. The Kier molecular flexibility index (Phi) is 9.19. The van der Waals surface area contributed by atoms with Crippen molar-refractivity contribution < 1.29 is 50.2 Å². The van der Waals surface area contributed by atoms with Crippen LogP contribution in [0.3, 0.4) is 0 Å². The van der Waals surface area contributed by atoms with E-state index in [2.05, 4.69) is 4.72 Å². The average molecular weight is 588 g/mol. The molecule has 4 rings (SSSR count). The van der Waals surface area contributed by atoms with Crippen LogP contribution in [0, 0.1) is 11.6 Å². The van der Waals surface area contributed by atoms with Crippen molar-refractivity contribution in [2.75, 3.05) is 40.7 Å². The van der Waals surface area contributed by atoms with Gasteiger partial charge in [-0.1, -0.05) is 18.2 Å². The number of piperazine rings is 1. The molecule has 0 amide bonds. The minimum Gasteiger partial charge on any atom is -0.478 e. The van der Waals surface area contributed by atoms with Crippen molar-refractivity contribution in [2.24, 2.45) is 0 Å². The number of nitrogens with one attached hydrogen (secondary N) is 1. The summed E-state index contributed by atoms with van der Waals surface area (Å²) >= 11 is 0. The van der Waals surface area contributed by atoms with Gasteiger partial charge in [0.05, 0.1) is 27.5 Å². The second kappa shape index (κ2) is 12.2. The molecule has 0 bridgehead atoms. The quantitative estimate of drug-likeness (QED) is 0.362. The first kappa shape index (κ1) is 30.1. The Morgan fingerprint density at radius 2 is 1.38 bits per heavy atom. The number of carboxylic acid groups (broad SMARTS) is 2. The van der Waals surface area contributed by atoms with Crippen molar-refractivity contribution in [3.05, 3.63) is 83.9 Å². The number of hydrogen-bond donors (Lipinski definition) is 3. The first-order valence-corrected chi connectivity index (χ1v) is 12.9. The third kappa shape index (κ3) is 7.59. The molecule has 0 aromatic heterocycles. The lowest BCUT2D eigenvalue weighted by Gasteiger charge is -2.38. The molecule has 0 saturated carbocycles. The molecule has 1 aliphatic heterocycles. The maximum Gasteiger partial charge on any atom is 0.490 e. The maximum absolute atomic E-state index is 14.1. The molecule has 3 aromatic carbocycles. The second-order valence-electron chi connectivity index (χ2n) is 8.33. The first-order valence-electron chi connectivity index (χ1n) is 11.4. The minimum absolute atomic E-state index is 0.0681. The molecule has 1 fully saturated rings. The number of aliphatic carboxylic acids is 1. The van der Waals surface area contributed by atoms with E-state index in [9.17, 15) is 40.3 Å². The van der Waals surface area contributed by atoms with Crippen molar-refractivity contribution in [1.82, 2.24) is 0 Å². The Morgan fingerprint density at radius 3 is 1.90 bits per heavy atom. The van der Waals surface area contributed by atoms with E-state index in [1.54, 1.807) is 18.2 Å². The number of hydrogen-bond acceptors (Lipinski definition) is 6. The molecule has 3 aromatic rings. The van der Waals surface area contributed by atoms with Crippen LogP contribution in [0.2, 0.25) is 0 Å². The lowest BCUT2D eigenvalue weighted by Crippen LogP contribution is -2.47. The van der Waals surface area contributed by atoms with E-state index in [0.29, 0.717) is 37.6 Å². The molecule has 9 nitrogen and oxygen atoms in total. The highest BCUT2D eigenvalue weighted by Crippen LogP contribution is 2.31. The number of carbonyl (C=O) groups is 2. The number of anilines is 3. The Hall–Kier alpha value is -4.40. The molecule has 3 N–H and O–H groups in total. The van der Waals surface area contributed by atoms with Crippen LogP contribution in [0.4, 0.5) is 39.0 Å². The summed E-state index contributed by atoms with van der Waals surface area (Å²) in [6, 6.07) is 15.2. The lowest BCUT2D eigenvalue weighted by atomic mass is 10.1. The Bertz CT molecular complexity index is 1490. The zero-order valence-corrected chi connectivity index (χ0v) is 21.2. The number of nitrogens with zero attached hydrogens (tertiary/aromatic N) is 2. The fraction of sp³-hybridized carbons (Fsp3) is 0.200. The Morgan fingerprint density at radius 1 is 0.800 bits per heavy atom. The van der Waals surface area contributed by atoms with Crippen LogP contribution >= 0.6 is 0 Å². The largest absolute Gasteiger partial charge is 0.490 e. The third-order valence-electron chi connectivity index (χ3n) is 5.65. The summed E-state index contributed by atoms with van der Waals surface area (Å²) in [6.07, 6.45) is -5.08. The zero-order valence-electron chi connectivity index (χ0n) is 20.4. The molecular formula is C25H22F5N3O6S. The highest BCUT2D eigenvalue weighted by Gasteiger charge is 2.38. The molecule has 0 spiro atoms. The van der Waals surface area contributed by atoms with Gasteiger partial charge in [0.2, 0.25) is 0 Å². The summed E-state index contributed by atoms with van der Waals surface area (Å²) in [7, 11) is -4.17. The molecule has 0 unspecified atom stereocenters. The molecule has 214 valence electrons. The van der Waals surface area contributed by atoms with Gasteiger partial charge in [0.15, 0.2) is 0 Å². The number of sulfonamides is 1. The highest BCUT2D eigenvalue weighted by molar-refractivity contribution is 7.92. The Balaban J connectivity index is 0.000000559. The van der Waals surface area contributed by atoms with Crippen LogP contribution < -0.4 is 14.5 Å². The molecule has 1 aliphatic rings. The van der Waals surface area contributed by atoms with Gasteiger partial charge >= 0.3 is 18.1 Å². The van der Waals surface area contributed by atoms with E-state index in [4.69, 9.17) is 9.90 Å². The van der Waals surface area contributed by atoms with Crippen molar-refractivity contribution in [3.8, 4) is 0 Å². The lowest BCUT2D eigenvalue weighted by molar-refractivity contribution is -0.192. The number of halogens is 5. The number of aromatic carboxylic acids is 1. The highest BCUT2D eigenvalue weighted by atomic mass is 32.2. The monoisotopic (exact) mass is 587 g/mol. The molecule has 15 heteroatoms. The zero-order chi connectivity index (χ0) is 29.7. The van der Waals surface area contributed by atoms with Crippen LogP contribution in [-0.2, 0) is 14.8 Å². The van der Waals surface area contributed by atoms with Gasteiger partial charge in [-0.25, -0.2) is 26.8 Å². The van der Waals surface area contributed by atoms with Crippen LogP contribution in [-0.4, -0.2) is 62.9 Å². The molecule has 1 heterocycles. The summed E-state index contributed by atoms with van der Waals surface area (Å²) < 4.78 is 87.6. The molecular weight excluding hydrogens is 565 g/mol. The molecule has 0 radical (unpaired) electrons. The molecule has 0 aliphatic carbocycles. The molecule has 1 saturated heterocycles. The normalized spacial score (nSPS) is 13.7. The smallest absolute Gasteiger partial charge is 0.478 e. The number of rotatable bonds is 6. The van der Waals surface area contributed by atoms with Gasteiger partial charge in [-0.05, 0) is 48.5 Å². The van der Waals surface area contributed by atoms with Crippen LogP contribution in [0.5, 0.6) is 0 Å². The van der Waals surface area contributed by atoms with Gasteiger partial charge in [0.1, 0.15) is 11.6 Å². The van der Waals surface area contributed by atoms with Gasteiger partial charge < -0.3 is 20.0 Å². The van der Waals surface area contributed by atoms with E-state index >= 15 is 0 Å². The summed E-state index contributed by atoms with van der Waals surface area (Å²) in [5, 5.41) is 16.5. The van der Waals surface area contributed by atoms with Gasteiger partial charge in [-0.15, -0.1) is 0 Å². The fourth-order valence-electron chi connectivity index (χ4n) is 3.76. The number of benzene rings is 3. The van der Waals surface area contributed by atoms with E-state index in [0.717, 1.165) is 12.1 Å². The number of para-hydroxylation sites is 1. The number of alkyl halides is 3. The van der Waals surface area contributed by atoms with E-state index in [-0.39, 0.29) is 22.0 Å². The average Bonchev–Trinajstić information content (AvgIpc) is 2.89. The maximum atomic E-state index is 14.1. The van der Waals surface area contributed by atoms with Gasteiger partial charge in [0.25, 0.3) is 10.0 Å². The van der Waals surface area contributed by atoms with Crippen molar-refractivity contribution in [2.45, 2.75) is 11.1 Å². The van der Waals surface area contributed by atoms with Gasteiger partial charge in [-0.3, -0.25) is 4.72 Å². The summed E-state index contributed by atoms with van der Waals surface area (Å²) in [4.78, 5) is 23.9. The second-order valence-corrected chi connectivity index (χ2v) is 10.0. The van der Waals surface area contributed by atoms with Gasteiger partial charge in [0, 0.05) is 26.2 Å². The van der Waals surface area contributed by atoms with Crippen molar-refractivity contribution in [1.29, 1.82) is 0 Å². The molecule has 40 heavy (non-hydrogen) atoms.